The fourth-order valence-corrected chi connectivity index (χ4v) is 5.44. The molecule has 2 heterocycles. The van der Waals surface area contributed by atoms with Gasteiger partial charge in [0.15, 0.2) is 5.78 Å². The van der Waals surface area contributed by atoms with Crippen LogP contribution in [0.25, 0.3) is 11.1 Å². The van der Waals surface area contributed by atoms with Gasteiger partial charge in [-0.1, -0.05) is 19.1 Å². The molecule has 0 radical (unpaired) electrons. The van der Waals surface area contributed by atoms with Crippen LogP contribution in [0, 0.1) is 0 Å². The van der Waals surface area contributed by atoms with Crippen molar-refractivity contribution in [1.29, 1.82) is 0 Å². The standard InChI is InChI=1S/C28H37N3O4/c1-2-14-33-22-17-23(35-16-11-19-7-5-13-31-19)27(29)26-25(22)24-20(28(26)32)8-3-9-21(24)34-15-10-18-6-4-12-30-18/h3,8-9,17-19,30-31H,2,4-7,10-16,29H2,1H3. The third-order valence-electron chi connectivity index (χ3n) is 7.28. The van der Waals surface area contributed by atoms with E-state index in [2.05, 4.69) is 17.6 Å². The summed E-state index contributed by atoms with van der Waals surface area (Å²) in [6, 6.07) is 8.49. The largest absolute Gasteiger partial charge is 0.493 e. The molecule has 0 amide bonds. The number of ether oxygens (including phenoxy) is 3. The van der Waals surface area contributed by atoms with Crippen molar-refractivity contribution in [1.82, 2.24) is 10.6 Å². The molecule has 1 aliphatic carbocycles. The fraction of sp³-hybridized carbons (Fsp3) is 0.536. The average Bonchev–Trinajstić information content (AvgIpc) is 3.62. The number of hydrogen-bond acceptors (Lipinski definition) is 7. The van der Waals surface area contributed by atoms with Crippen molar-refractivity contribution in [3.05, 3.63) is 35.4 Å². The van der Waals surface area contributed by atoms with Crippen LogP contribution in [-0.4, -0.2) is 50.8 Å². The van der Waals surface area contributed by atoms with Crippen LogP contribution in [0.4, 0.5) is 5.69 Å². The van der Waals surface area contributed by atoms with Crippen LogP contribution in [0.5, 0.6) is 17.2 Å². The number of rotatable bonds is 11. The van der Waals surface area contributed by atoms with Crippen molar-refractivity contribution in [2.75, 3.05) is 38.6 Å². The van der Waals surface area contributed by atoms with E-state index >= 15 is 0 Å². The molecule has 2 saturated heterocycles. The van der Waals surface area contributed by atoms with Gasteiger partial charge in [0.25, 0.3) is 0 Å². The number of carbonyl (C=O) groups excluding carboxylic acids is 1. The molecule has 3 aliphatic rings. The highest BCUT2D eigenvalue weighted by Gasteiger charge is 2.36. The van der Waals surface area contributed by atoms with Gasteiger partial charge in [-0.3, -0.25) is 4.79 Å². The maximum absolute atomic E-state index is 13.5. The number of fused-ring (bicyclic) bond motifs is 3. The summed E-state index contributed by atoms with van der Waals surface area (Å²) in [5, 5.41) is 7.00. The van der Waals surface area contributed by atoms with Gasteiger partial charge in [0.1, 0.15) is 17.2 Å². The van der Waals surface area contributed by atoms with Gasteiger partial charge < -0.3 is 30.6 Å². The maximum Gasteiger partial charge on any atom is 0.196 e. The minimum absolute atomic E-state index is 0.0975. The normalized spacial score (nSPS) is 20.7. The second kappa shape index (κ2) is 10.9. The Hall–Kier alpha value is -2.77. The number of anilines is 1. The average molecular weight is 480 g/mol. The summed E-state index contributed by atoms with van der Waals surface area (Å²) >= 11 is 0. The quantitative estimate of drug-likeness (QED) is 0.353. The molecule has 35 heavy (non-hydrogen) atoms. The van der Waals surface area contributed by atoms with E-state index < -0.39 is 0 Å². The zero-order valence-electron chi connectivity index (χ0n) is 20.7. The predicted octanol–water partition coefficient (Wildman–Crippen LogP) is 4.31. The van der Waals surface area contributed by atoms with E-state index in [9.17, 15) is 4.79 Å². The lowest BCUT2D eigenvalue weighted by molar-refractivity contribution is 0.104. The SMILES string of the molecule is CCCOc1cc(OCCC2CCCN2)c(N)c2c1-c1c(OCCC3CCCN3)cccc1C2=O. The highest BCUT2D eigenvalue weighted by molar-refractivity contribution is 6.26. The van der Waals surface area contributed by atoms with E-state index in [1.54, 1.807) is 0 Å². The first-order valence-electron chi connectivity index (χ1n) is 13.2. The number of nitrogen functional groups attached to an aromatic ring is 1. The molecule has 188 valence electrons. The lowest BCUT2D eigenvalue weighted by atomic mass is 10.0. The number of nitrogens with two attached hydrogens (primary N) is 1. The molecule has 7 nitrogen and oxygen atoms in total. The second-order valence-electron chi connectivity index (χ2n) is 9.75. The zero-order chi connectivity index (χ0) is 24.2. The van der Waals surface area contributed by atoms with Gasteiger partial charge >= 0.3 is 0 Å². The molecule has 0 spiro atoms. The molecule has 2 aromatic carbocycles. The van der Waals surface area contributed by atoms with Crippen LogP contribution in [0.2, 0.25) is 0 Å². The Labute approximate surface area is 207 Å². The Bertz CT molecular complexity index is 1060. The third kappa shape index (κ3) is 4.98. The minimum Gasteiger partial charge on any atom is -0.493 e. The number of carbonyl (C=O) groups is 1. The Morgan fingerprint density at radius 3 is 2.14 bits per heavy atom. The summed E-state index contributed by atoms with van der Waals surface area (Å²) in [7, 11) is 0. The molecule has 2 fully saturated rings. The first-order valence-corrected chi connectivity index (χ1v) is 13.2. The van der Waals surface area contributed by atoms with Gasteiger partial charge in [-0.25, -0.2) is 0 Å². The molecule has 0 saturated carbocycles. The summed E-state index contributed by atoms with van der Waals surface area (Å²) in [6.07, 6.45) is 7.47. The number of hydrogen-bond donors (Lipinski definition) is 3. The van der Waals surface area contributed by atoms with Gasteiger partial charge in [0.2, 0.25) is 0 Å². The highest BCUT2D eigenvalue weighted by atomic mass is 16.5. The number of nitrogens with one attached hydrogen (secondary N) is 2. The minimum atomic E-state index is -0.0975. The molecular weight excluding hydrogens is 442 g/mol. The van der Waals surface area contributed by atoms with E-state index in [-0.39, 0.29) is 5.78 Å². The summed E-state index contributed by atoms with van der Waals surface area (Å²) in [5.41, 5.74) is 9.54. The van der Waals surface area contributed by atoms with Gasteiger partial charge in [0, 0.05) is 34.8 Å². The molecule has 5 rings (SSSR count). The molecule has 0 bridgehead atoms. The van der Waals surface area contributed by atoms with Gasteiger partial charge in [-0.15, -0.1) is 0 Å². The summed E-state index contributed by atoms with van der Waals surface area (Å²) < 4.78 is 18.5. The summed E-state index contributed by atoms with van der Waals surface area (Å²) in [4.78, 5) is 13.5. The Kier molecular flexibility index (Phi) is 7.44. The van der Waals surface area contributed by atoms with Crippen LogP contribution in [0.3, 0.4) is 0 Å². The van der Waals surface area contributed by atoms with Crippen LogP contribution in [0.15, 0.2) is 24.3 Å². The van der Waals surface area contributed by atoms with Crippen molar-refractivity contribution in [2.45, 2.75) is 64.0 Å². The Morgan fingerprint density at radius 2 is 1.51 bits per heavy atom. The van der Waals surface area contributed by atoms with Crippen molar-refractivity contribution in [3.8, 4) is 28.4 Å². The number of ketones is 1. The molecule has 2 aromatic rings. The number of benzene rings is 2. The van der Waals surface area contributed by atoms with Crippen molar-refractivity contribution in [3.63, 3.8) is 0 Å². The Morgan fingerprint density at radius 1 is 0.857 bits per heavy atom. The molecule has 2 atom stereocenters. The Balaban J connectivity index is 1.43. The topological polar surface area (TPSA) is 94.8 Å². The molecule has 0 aromatic heterocycles. The predicted molar refractivity (Wildman–Crippen MR) is 138 cm³/mol. The highest BCUT2D eigenvalue weighted by Crippen LogP contribution is 2.52. The van der Waals surface area contributed by atoms with Gasteiger partial charge in [-0.2, -0.15) is 0 Å². The molecule has 2 aliphatic heterocycles. The van der Waals surface area contributed by atoms with Crippen molar-refractivity contribution in [2.24, 2.45) is 0 Å². The third-order valence-corrected chi connectivity index (χ3v) is 7.28. The van der Waals surface area contributed by atoms with Crippen molar-refractivity contribution >= 4 is 11.5 Å². The fourth-order valence-electron chi connectivity index (χ4n) is 5.44. The summed E-state index contributed by atoms with van der Waals surface area (Å²) in [6.45, 7) is 5.88. The van der Waals surface area contributed by atoms with Crippen LogP contribution >= 0.6 is 0 Å². The van der Waals surface area contributed by atoms with E-state index in [1.165, 1.54) is 25.7 Å². The molecule has 4 N–H and O–H groups in total. The van der Waals surface area contributed by atoms with E-state index in [4.69, 9.17) is 19.9 Å². The zero-order valence-corrected chi connectivity index (χ0v) is 20.7. The van der Waals surface area contributed by atoms with Crippen LogP contribution in [0.1, 0.15) is 67.8 Å². The van der Waals surface area contributed by atoms with Crippen LogP contribution in [-0.2, 0) is 0 Å². The smallest absolute Gasteiger partial charge is 0.196 e. The van der Waals surface area contributed by atoms with E-state index in [1.807, 2.05) is 24.3 Å². The molecule has 7 heteroatoms. The second-order valence-corrected chi connectivity index (χ2v) is 9.75. The lowest BCUT2D eigenvalue weighted by Gasteiger charge is -2.19. The van der Waals surface area contributed by atoms with E-state index in [0.29, 0.717) is 66.0 Å². The first-order chi connectivity index (χ1) is 17.2. The molecule has 2 unspecified atom stereocenters. The summed E-state index contributed by atoms with van der Waals surface area (Å²) in [5.74, 6) is 1.75. The van der Waals surface area contributed by atoms with Crippen molar-refractivity contribution < 1.29 is 19.0 Å². The van der Waals surface area contributed by atoms with Crippen LogP contribution < -0.4 is 30.6 Å². The molecular formula is C28H37N3O4. The maximum atomic E-state index is 13.5. The van der Waals surface area contributed by atoms with E-state index in [0.717, 1.165) is 43.5 Å². The van der Waals surface area contributed by atoms with Gasteiger partial charge in [0.05, 0.1) is 31.1 Å². The first kappa shape index (κ1) is 23.9. The monoisotopic (exact) mass is 479 g/mol. The van der Waals surface area contributed by atoms with Gasteiger partial charge in [-0.05, 0) is 64.1 Å². The lowest BCUT2D eigenvalue weighted by Crippen LogP contribution is -2.23.